The fourth-order valence-corrected chi connectivity index (χ4v) is 3.50. The number of rotatable bonds is 6. The van der Waals surface area contributed by atoms with Crippen molar-refractivity contribution in [1.82, 2.24) is 15.3 Å². The molecule has 0 bridgehead atoms. The molecule has 0 radical (unpaired) electrons. The molecule has 9 nitrogen and oxygen atoms in total. The van der Waals surface area contributed by atoms with Crippen molar-refractivity contribution in [2.75, 3.05) is 29.7 Å². The number of ether oxygens (including phenoxy) is 2. The van der Waals surface area contributed by atoms with Gasteiger partial charge in [0.15, 0.2) is 16.7 Å². The van der Waals surface area contributed by atoms with Gasteiger partial charge in [0.25, 0.3) is 0 Å². The van der Waals surface area contributed by atoms with Crippen LogP contribution < -0.4 is 25.4 Å². The number of carbonyl (C=O) groups is 2. The predicted molar refractivity (Wildman–Crippen MR) is 114 cm³/mol. The van der Waals surface area contributed by atoms with E-state index in [0.717, 1.165) is 22.7 Å². The largest absolute Gasteiger partial charge is 0.454 e. The smallest absolute Gasteiger partial charge is 0.325 e. The molecule has 3 aromatic rings. The quantitative estimate of drug-likeness (QED) is 0.407. The van der Waals surface area contributed by atoms with Crippen LogP contribution in [0.15, 0.2) is 47.6 Å². The van der Waals surface area contributed by atoms with E-state index in [-0.39, 0.29) is 12.5 Å². The van der Waals surface area contributed by atoms with Gasteiger partial charge in [-0.2, -0.15) is 0 Å². The number of anilines is 2. The second-order valence-corrected chi connectivity index (χ2v) is 7.20. The van der Waals surface area contributed by atoms with Gasteiger partial charge in [-0.1, -0.05) is 23.9 Å². The zero-order valence-electron chi connectivity index (χ0n) is 16.1. The molecule has 0 fully saturated rings. The molecule has 10 heteroatoms. The molecule has 1 aliphatic rings. The van der Waals surface area contributed by atoms with Crippen molar-refractivity contribution < 1.29 is 19.1 Å². The maximum Gasteiger partial charge on any atom is 0.325 e. The standard InChI is InChI=1S/C20H19N5O4S/c1-2-21-18-13-5-3-4-6-14(13)23-20(25-18)30-10-17(26)24-19(27)22-12-7-8-15-16(9-12)29-11-28-15/h3-9H,2,10-11H2,1H3,(H,21,23,25)(H2,22,24,26,27). The lowest BCUT2D eigenvalue weighted by Crippen LogP contribution is -2.35. The Balaban J connectivity index is 1.34. The third-order valence-corrected chi connectivity index (χ3v) is 4.99. The van der Waals surface area contributed by atoms with Crippen LogP contribution >= 0.6 is 11.8 Å². The zero-order chi connectivity index (χ0) is 20.9. The van der Waals surface area contributed by atoms with Gasteiger partial charge in [0.2, 0.25) is 12.7 Å². The first-order valence-electron chi connectivity index (χ1n) is 9.26. The molecule has 3 amide bonds. The third-order valence-electron chi connectivity index (χ3n) is 4.14. The average molecular weight is 425 g/mol. The molecule has 2 heterocycles. The summed E-state index contributed by atoms with van der Waals surface area (Å²) >= 11 is 1.16. The van der Waals surface area contributed by atoms with Crippen LogP contribution in [0.25, 0.3) is 10.9 Å². The van der Waals surface area contributed by atoms with E-state index < -0.39 is 11.9 Å². The number of carbonyl (C=O) groups excluding carboxylic acids is 2. The fourth-order valence-electron chi connectivity index (χ4n) is 2.85. The predicted octanol–water partition coefficient (Wildman–Crippen LogP) is 3.23. The van der Waals surface area contributed by atoms with Gasteiger partial charge in [-0.15, -0.1) is 0 Å². The van der Waals surface area contributed by atoms with E-state index in [1.807, 2.05) is 31.2 Å². The van der Waals surface area contributed by atoms with Gasteiger partial charge in [-0.25, -0.2) is 14.8 Å². The summed E-state index contributed by atoms with van der Waals surface area (Å²) in [6.45, 7) is 2.84. The number of hydrogen-bond donors (Lipinski definition) is 3. The number of urea groups is 1. The van der Waals surface area contributed by atoms with Crippen molar-refractivity contribution in [3.63, 3.8) is 0 Å². The minimum absolute atomic E-state index is 0.00152. The van der Waals surface area contributed by atoms with Crippen LogP contribution in [0.3, 0.4) is 0 Å². The maximum absolute atomic E-state index is 12.2. The van der Waals surface area contributed by atoms with Crippen molar-refractivity contribution >= 4 is 46.1 Å². The molecule has 0 atom stereocenters. The topological polar surface area (TPSA) is 114 Å². The lowest BCUT2D eigenvalue weighted by molar-refractivity contribution is -0.117. The highest BCUT2D eigenvalue weighted by molar-refractivity contribution is 7.99. The van der Waals surface area contributed by atoms with E-state index in [2.05, 4.69) is 25.9 Å². The Morgan fingerprint density at radius 1 is 1.10 bits per heavy atom. The van der Waals surface area contributed by atoms with Crippen LogP contribution in [0.1, 0.15) is 6.92 Å². The first-order valence-corrected chi connectivity index (χ1v) is 10.2. The molecule has 1 aromatic heterocycles. The number of thioether (sulfide) groups is 1. The summed E-state index contributed by atoms with van der Waals surface area (Å²) in [6, 6.07) is 12.0. The molecule has 1 aliphatic heterocycles. The molecule has 0 saturated heterocycles. The summed E-state index contributed by atoms with van der Waals surface area (Å²) < 4.78 is 10.5. The van der Waals surface area contributed by atoms with Gasteiger partial charge < -0.3 is 20.1 Å². The van der Waals surface area contributed by atoms with Crippen LogP contribution in [-0.4, -0.2) is 41.0 Å². The normalized spacial score (nSPS) is 11.9. The third kappa shape index (κ3) is 4.54. The molecule has 2 aromatic carbocycles. The summed E-state index contributed by atoms with van der Waals surface area (Å²) in [5.74, 6) is 1.41. The molecule has 3 N–H and O–H groups in total. The van der Waals surface area contributed by atoms with Gasteiger partial charge in [-0.05, 0) is 31.2 Å². The second kappa shape index (κ2) is 8.87. The maximum atomic E-state index is 12.2. The monoisotopic (exact) mass is 425 g/mol. The Morgan fingerprint density at radius 3 is 2.80 bits per heavy atom. The van der Waals surface area contributed by atoms with Crippen LogP contribution in [0.5, 0.6) is 11.5 Å². The Labute approximate surface area is 176 Å². The Morgan fingerprint density at radius 2 is 1.93 bits per heavy atom. The van der Waals surface area contributed by atoms with E-state index >= 15 is 0 Å². The Bertz CT molecular complexity index is 1110. The number of fused-ring (bicyclic) bond motifs is 2. The van der Waals surface area contributed by atoms with Gasteiger partial charge in [0.1, 0.15) is 5.82 Å². The highest BCUT2D eigenvalue weighted by Gasteiger charge is 2.15. The van der Waals surface area contributed by atoms with Crippen molar-refractivity contribution in [3.8, 4) is 11.5 Å². The molecule has 0 spiro atoms. The second-order valence-electron chi connectivity index (χ2n) is 6.26. The number of amides is 3. The number of nitrogens with zero attached hydrogens (tertiary/aromatic N) is 2. The summed E-state index contributed by atoms with van der Waals surface area (Å²) in [5, 5.41) is 9.46. The van der Waals surface area contributed by atoms with E-state index in [1.165, 1.54) is 0 Å². The average Bonchev–Trinajstić information content (AvgIpc) is 3.20. The first kappa shape index (κ1) is 19.8. The highest BCUT2D eigenvalue weighted by atomic mass is 32.2. The summed E-state index contributed by atoms with van der Waals surface area (Å²) in [6.07, 6.45) is 0. The Hall–Kier alpha value is -3.53. The van der Waals surface area contributed by atoms with Crippen LogP contribution in [0.2, 0.25) is 0 Å². The van der Waals surface area contributed by atoms with Gasteiger partial charge in [0, 0.05) is 23.7 Å². The van der Waals surface area contributed by atoms with Crippen molar-refractivity contribution in [2.24, 2.45) is 0 Å². The minimum atomic E-state index is -0.632. The zero-order valence-corrected chi connectivity index (χ0v) is 16.9. The molecule has 0 unspecified atom stereocenters. The Kier molecular flexibility index (Phi) is 5.84. The van der Waals surface area contributed by atoms with E-state index in [4.69, 9.17) is 9.47 Å². The van der Waals surface area contributed by atoms with Gasteiger partial charge in [0.05, 0.1) is 11.3 Å². The summed E-state index contributed by atoms with van der Waals surface area (Å²) in [4.78, 5) is 33.2. The van der Waals surface area contributed by atoms with Crippen LogP contribution in [0, 0.1) is 0 Å². The van der Waals surface area contributed by atoms with Gasteiger partial charge >= 0.3 is 6.03 Å². The first-order chi connectivity index (χ1) is 14.6. The van der Waals surface area contributed by atoms with Crippen molar-refractivity contribution in [3.05, 3.63) is 42.5 Å². The fraction of sp³-hybridized carbons (Fsp3) is 0.200. The number of imide groups is 1. The molecular weight excluding hydrogens is 406 g/mol. The SMILES string of the molecule is CCNc1nc(SCC(=O)NC(=O)Nc2ccc3c(c2)OCO3)nc2ccccc12. The highest BCUT2D eigenvalue weighted by Crippen LogP contribution is 2.34. The minimum Gasteiger partial charge on any atom is -0.454 e. The molecule has 4 rings (SSSR count). The number of hydrogen-bond acceptors (Lipinski definition) is 8. The molecule has 0 saturated carbocycles. The van der Waals surface area contributed by atoms with E-state index in [9.17, 15) is 9.59 Å². The number of benzene rings is 2. The molecule has 0 aliphatic carbocycles. The molecular formula is C20H19N5O4S. The van der Waals surface area contributed by atoms with E-state index in [0.29, 0.717) is 34.7 Å². The molecule has 154 valence electrons. The van der Waals surface area contributed by atoms with Gasteiger partial charge in [-0.3, -0.25) is 10.1 Å². The lowest BCUT2D eigenvalue weighted by Gasteiger charge is -2.09. The van der Waals surface area contributed by atoms with Crippen LogP contribution in [-0.2, 0) is 4.79 Å². The number of aromatic nitrogens is 2. The lowest BCUT2D eigenvalue weighted by atomic mass is 10.2. The van der Waals surface area contributed by atoms with E-state index in [1.54, 1.807) is 18.2 Å². The summed E-state index contributed by atoms with van der Waals surface area (Å²) in [7, 11) is 0. The number of nitrogens with one attached hydrogen (secondary N) is 3. The molecule has 30 heavy (non-hydrogen) atoms. The summed E-state index contributed by atoms with van der Waals surface area (Å²) in [5.41, 5.74) is 1.28. The van der Waals surface area contributed by atoms with Crippen LogP contribution in [0.4, 0.5) is 16.3 Å². The van der Waals surface area contributed by atoms with Crippen molar-refractivity contribution in [1.29, 1.82) is 0 Å². The number of para-hydroxylation sites is 1. The van der Waals surface area contributed by atoms with Crippen molar-refractivity contribution in [2.45, 2.75) is 12.1 Å².